The van der Waals surface area contributed by atoms with Crippen LogP contribution in [0.3, 0.4) is 0 Å². The monoisotopic (exact) mass is 324 g/mol. The van der Waals surface area contributed by atoms with E-state index >= 15 is 0 Å². The van der Waals surface area contributed by atoms with Gasteiger partial charge in [-0.1, -0.05) is 25.3 Å². The van der Waals surface area contributed by atoms with E-state index in [0.717, 1.165) is 38.5 Å². The topological polar surface area (TPSA) is 52.6 Å². The highest BCUT2D eigenvalue weighted by atomic mass is 16.5. The van der Waals surface area contributed by atoms with Crippen molar-refractivity contribution in [2.75, 3.05) is 6.61 Å². The minimum absolute atomic E-state index is 0.0693. The second-order valence-electron chi connectivity index (χ2n) is 6.55. The van der Waals surface area contributed by atoms with Crippen LogP contribution in [-0.2, 0) is 19.1 Å². The van der Waals surface area contributed by atoms with Crippen molar-refractivity contribution in [3.63, 3.8) is 0 Å². The Morgan fingerprint density at radius 1 is 1.09 bits per heavy atom. The Morgan fingerprint density at radius 2 is 1.78 bits per heavy atom. The summed E-state index contributed by atoms with van der Waals surface area (Å²) >= 11 is 0. The van der Waals surface area contributed by atoms with Gasteiger partial charge in [-0.2, -0.15) is 0 Å². The second-order valence-corrected chi connectivity index (χ2v) is 6.55. The number of carbonyl (C=O) groups excluding carboxylic acids is 2. The van der Waals surface area contributed by atoms with Crippen molar-refractivity contribution >= 4 is 11.9 Å². The molecule has 0 aromatic rings. The molecule has 0 N–H and O–H groups in total. The first-order chi connectivity index (χ1) is 11.0. The summed E-state index contributed by atoms with van der Waals surface area (Å²) in [6, 6.07) is 0. The second kappa shape index (κ2) is 11.3. The number of carbonyl (C=O) groups is 2. The van der Waals surface area contributed by atoms with Gasteiger partial charge in [0, 0.05) is 0 Å². The number of hydrogen-bond acceptors (Lipinski definition) is 4. The van der Waals surface area contributed by atoms with E-state index in [4.69, 9.17) is 9.47 Å². The molecular formula is C19H32O4. The van der Waals surface area contributed by atoms with Crippen molar-refractivity contribution in [1.29, 1.82) is 0 Å². The molecule has 0 aromatic carbocycles. The highest BCUT2D eigenvalue weighted by Crippen LogP contribution is 2.24. The number of ether oxygens (including phenoxy) is 2. The molecular weight excluding hydrogens is 292 g/mol. The first kappa shape index (κ1) is 19.7. The van der Waals surface area contributed by atoms with Gasteiger partial charge in [-0.3, -0.25) is 9.59 Å². The SMILES string of the molecule is CCCCCC(C)OC(=O)CCC(=O)OCC1=C(C)CCCC1. The Kier molecular flexibility index (Phi) is 9.65. The largest absolute Gasteiger partial charge is 0.463 e. The summed E-state index contributed by atoms with van der Waals surface area (Å²) in [5.41, 5.74) is 2.60. The average molecular weight is 324 g/mol. The molecule has 0 radical (unpaired) electrons. The van der Waals surface area contributed by atoms with E-state index in [-0.39, 0.29) is 30.9 Å². The predicted octanol–water partition coefficient (Wildman–Crippen LogP) is 4.71. The highest BCUT2D eigenvalue weighted by molar-refractivity contribution is 5.77. The fraction of sp³-hybridized carbons (Fsp3) is 0.789. The molecule has 132 valence electrons. The van der Waals surface area contributed by atoms with Gasteiger partial charge in [0.15, 0.2) is 0 Å². The lowest BCUT2D eigenvalue weighted by Crippen LogP contribution is -2.17. The third-order valence-electron chi connectivity index (χ3n) is 4.37. The van der Waals surface area contributed by atoms with Gasteiger partial charge >= 0.3 is 11.9 Å². The van der Waals surface area contributed by atoms with E-state index in [1.807, 2.05) is 6.92 Å². The predicted molar refractivity (Wildman–Crippen MR) is 91.1 cm³/mol. The molecule has 0 bridgehead atoms. The van der Waals surface area contributed by atoms with Gasteiger partial charge in [0.05, 0.1) is 18.9 Å². The molecule has 1 aliphatic carbocycles. The van der Waals surface area contributed by atoms with Crippen LogP contribution in [0.2, 0.25) is 0 Å². The maximum absolute atomic E-state index is 11.7. The van der Waals surface area contributed by atoms with Crippen LogP contribution >= 0.6 is 0 Å². The molecule has 4 heteroatoms. The van der Waals surface area contributed by atoms with E-state index in [1.165, 1.54) is 24.0 Å². The van der Waals surface area contributed by atoms with Crippen LogP contribution in [-0.4, -0.2) is 24.6 Å². The molecule has 0 heterocycles. The summed E-state index contributed by atoms with van der Waals surface area (Å²) in [6.07, 6.45) is 8.94. The fourth-order valence-corrected chi connectivity index (χ4v) is 2.78. The van der Waals surface area contributed by atoms with Gasteiger partial charge in [0.2, 0.25) is 0 Å². The van der Waals surface area contributed by atoms with E-state index in [1.54, 1.807) is 0 Å². The smallest absolute Gasteiger partial charge is 0.306 e. The molecule has 0 aromatic heterocycles. The van der Waals surface area contributed by atoms with Crippen molar-refractivity contribution in [2.24, 2.45) is 0 Å². The van der Waals surface area contributed by atoms with E-state index in [9.17, 15) is 9.59 Å². The van der Waals surface area contributed by atoms with Crippen molar-refractivity contribution in [2.45, 2.75) is 91.1 Å². The lowest BCUT2D eigenvalue weighted by Gasteiger charge is -2.17. The summed E-state index contributed by atoms with van der Waals surface area (Å²) in [5, 5.41) is 0. The van der Waals surface area contributed by atoms with E-state index in [0.29, 0.717) is 6.61 Å². The summed E-state index contributed by atoms with van der Waals surface area (Å²) in [4.78, 5) is 23.5. The summed E-state index contributed by atoms with van der Waals surface area (Å²) in [5.74, 6) is -0.620. The maximum Gasteiger partial charge on any atom is 0.306 e. The molecule has 0 saturated carbocycles. The zero-order valence-electron chi connectivity index (χ0n) is 15.0. The van der Waals surface area contributed by atoms with Crippen molar-refractivity contribution < 1.29 is 19.1 Å². The standard InChI is InChI=1S/C19H32O4/c1-4-5-6-10-16(3)23-19(21)13-12-18(20)22-14-17-11-8-7-9-15(17)2/h16H,4-14H2,1-3H3. The molecule has 1 rings (SSSR count). The van der Waals surface area contributed by atoms with Gasteiger partial charge < -0.3 is 9.47 Å². The third kappa shape index (κ3) is 8.77. The molecule has 1 unspecified atom stereocenters. The Hall–Kier alpha value is -1.32. The number of unbranched alkanes of at least 4 members (excludes halogenated alkanes) is 2. The third-order valence-corrected chi connectivity index (χ3v) is 4.37. The Morgan fingerprint density at radius 3 is 2.48 bits per heavy atom. The van der Waals surface area contributed by atoms with Crippen LogP contribution < -0.4 is 0 Å². The molecule has 4 nitrogen and oxygen atoms in total. The summed E-state index contributed by atoms with van der Waals surface area (Å²) in [6.45, 7) is 6.55. The van der Waals surface area contributed by atoms with Gasteiger partial charge in [-0.05, 0) is 57.9 Å². The number of rotatable bonds is 10. The molecule has 1 atom stereocenters. The van der Waals surface area contributed by atoms with E-state index in [2.05, 4.69) is 13.8 Å². The van der Waals surface area contributed by atoms with Crippen molar-refractivity contribution in [1.82, 2.24) is 0 Å². The quantitative estimate of drug-likeness (QED) is 0.332. The Balaban J connectivity index is 2.16. The maximum atomic E-state index is 11.7. The minimum atomic E-state index is -0.313. The van der Waals surface area contributed by atoms with Crippen LogP contribution in [0, 0.1) is 0 Å². The fourth-order valence-electron chi connectivity index (χ4n) is 2.78. The molecule has 0 aliphatic heterocycles. The van der Waals surface area contributed by atoms with Gasteiger partial charge in [-0.25, -0.2) is 0 Å². The summed E-state index contributed by atoms with van der Waals surface area (Å²) in [7, 11) is 0. The first-order valence-corrected chi connectivity index (χ1v) is 9.05. The zero-order valence-corrected chi connectivity index (χ0v) is 15.0. The molecule has 0 amide bonds. The molecule has 0 saturated heterocycles. The molecule has 1 aliphatic rings. The van der Waals surface area contributed by atoms with Gasteiger partial charge in [0.1, 0.15) is 6.61 Å². The zero-order chi connectivity index (χ0) is 17.1. The summed E-state index contributed by atoms with van der Waals surface area (Å²) < 4.78 is 10.6. The van der Waals surface area contributed by atoms with Crippen LogP contribution in [0.5, 0.6) is 0 Å². The van der Waals surface area contributed by atoms with Crippen molar-refractivity contribution in [3.05, 3.63) is 11.1 Å². The lowest BCUT2D eigenvalue weighted by atomic mass is 9.93. The van der Waals surface area contributed by atoms with Crippen LogP contribution in [0.15, 0.2) is 11.1 Å². The lowest BCUT2D eigenvalue weighted by molar-refractivity contribution is -0.153. The van der Waals surface area contributed by atoms with Crippen LogP contribution in [0.4, 0.5) is 0 Å². The van der Waals surface area contributed by atoms with Gasteiger partial charge in [0.25, 0.3) is 0 Å². The first-order valence-electron chi connectivity index (χ1n) is 9.05. The van der Waals surface area contributed by atoms with E-state index < -0.39 is 0 Å². The molecule has 0 spiro atoms. The van der Waals surface area contributed by atoms with Crippen LogP contribution in [0.25, 0.3) is 0 Å². The van der Waals surface area contributed by atoms with Crippen molar-refractivity contribution in [3.8, 4) is 0 Å². The Labute approximate surface area is 140 Å². The average Bonchev–Trinajstić information content (AvgIpc) is 2.52. The number of esters is 2. The molecule has 0 fully saturated rings. The highest BCUT2D eigenvalue weighted by Gasteiger charge is 2.14. The normalized spacial score (nSPS) is 16.1. The van der Waals surface area contributed by atoms with Gasteiger partial charge in [-0.15, -0.1) is 0 Å². The number of allylic oxidation sites excluding steroid dienone is 1. The Bertz CT molecular complexity index is 412. The molecule has 23 heavy (non-hydrogen) atoms. The van der Waals surface area contributed by atoms with Crippen LogP contribution in [0.1, 0.15) is 85.0 Å². The minimum Gasteiger partial charge on any atom is -0.463 e. The number of hydrogen-bond donors (Lipinski definition) is 0.